The summed E-state index contributed by atoms with van der Waals surface area (Å²) < 4.78 is 0. The number of para-hydroxylation sites is 1. The van der Waals surface area contributed by atoms with Gasteiger partial charge in [0.2, 0.25) is 5.91 Å². The number of benzene rings is 1. The number of anilines is 1. The normalized spacial score (nSPS) is 12.2. The van der Waals surface area contributed by atoms with Crippen molar-refractivity contribution in [3.63, 3.8) is 0 Å². The molecule has 94 valence electrons. The molecule has 0 saturated carbocycles. The van der Waals surface area contributed by atoms with Crippen molar-refractivity contribution in [1.82, 2.24) is 5.32 Å². The highest BCUT2D eigenvalue weighted by atomic mass is 16.3. The Morgan fingerprint density at radius 1 is 1.41 bits per heavy atom. The second-order valence-electron chi connectivity index (χ2n) is 4.03. The van der Waals surface area contributed by atoms with Gasteiger partial charge in [-0.3, -0.25) is 4.79 Å². The third kappa shape index (κ3) is 4.54. The van der Waals surface area contributed by atoms with Gasteiger partial charge in [-0.05, 0) is 19.5 Å². The smallest absolute Gasteiger partial charge is 0.225 e. The quantitative estimate of drug-likeness (QED) is 0.701. The Hall–Kier alpha value is -1.39. The molecule has 4 heteroatoms. The van der Waals surface area contributed by atoms with Crippen LogP contribution in [0.1, 0.15) is 25.8 Å². The Balaban J connectivity index is 2.55. The van der Waals surface area contributed by atoms with Crippen LogP contribution in [0.3, 0.4) is 0 Å². The lowest BCUT2D eigenvalue weighted by Crippen LogP contribution is -2.30. The molecule has 0 bridgehead atoms. The fourth-order valence-electron chi connectivity index (χ4n) is 1.68. The lowest BCUT2D eigenvalue weighted by molar-refractivity contribution is -0.116. The van der Waals surface area contributed by atoms with E-state index in [1.807, 2.05) is 26.0 Å². The van der Waals surface area contributed by atoms with Crippen molar-refractivity contribution in [2.75, 3.05) is 11.9 Å². The Morgan fingerprint density at radius 3 is 2.76 bits per heavy atom. The van der Waals surface area contributed by atoms with Crippen LogP contribution in [-0.4, -0.2) is 23.6 Å². The number of hydrogen-bond donors (Lipinski definition) is 3. The molecule has 17 heavy (non-hydrogen) atoms. The average Bonchev–Trinajstić information content (AvgIpc) is 2.29. The second kappa shape index (κ2) is 7.04. The summed E-state index contributed by atoms with van der Waals surface area (Å²) in [7, 11) is 0. The average molecular weight is 236 g/mol. The number of hydrogen-bond acceptors (Lipinski definition) is 3. The largest absolute Gasteiger partial charge is 0.392 e. The predicted molar refractivity (Wildman–Crippen MR) is 68.8 cm³/mol. The van der Waals surface area contributed by atoms with Gasteiger partial charge in [-0.1, -0.05) is 25.1 Å². The first-order valence-electron chi connectivity index (χ1n) is 5.89. The molecule has 0 fully saturated rings. The molecule has 0 aliphatic heterocycles. The molecule has 1 amide bonds. The molecule has 0 saturated heterocycles. The van der Waals surface area contributed by atoms with Gasteiger partial charge in [-0.15, -0.1) is 0 Å². The maximum absolute atomic E-state index is 11.7. The van der Waals surface area contributed by atoms with E-state index in [0.29, 0.717) is 12.1 Å². The maximum atomic E-state index is 11.7. The Morgan fingerprint density at radius 2 is 2.12 bits per heavy atom. The lowest BCUT2D eigenvalue weighted by Gasteiger charge is -2.13. The van der Waals surface area contributed by atoms with Gasteiger partial charge in [0.05, 0.1) is 6.61 Å². The van der Waals surface area contributed by atoms with Gasteiger partial charge >= 0.3 is 0 Å². The number of amides is 1. The number of aliphatic hydroxyl groups is 1. The molecular formula is C13H20N2O2. The zero-order chi connectivity index (χ0) is 12.7. The first-order valence-corrected chi connectivity index (χ1v) is 5.89. The standard InChI is InChI=1S/C13H20N2O2/c1-3-14-10(2)8-13(17)15-12-7-5-4-6-11(12)9-16/h4-7,10,14,16H,3,8-9H2,1-2H3,(H,15,17). The van der Waals surface area contributed by atoms with Gasteiger partial charge in [-0.25, -0.2) is 0 Å². The molecule has 0 radical (unpaired) electrons. The summed E-state index contributed by atoms with van der Waals surface area (Å²) >= 11 is 0. The van der Waals surface area contributed by atoms with Gasteiger partial charge in [0.15, 0.2) is 0 Å². The third-order valence-electron chi connectivity index (χ3n) is 2.51. The summed E-state index contributed by atoms with van der Waals surface area (Å²) in [5.41, 5.74) is 1.42. The third-order valence-corrected chi connectivity index (χ3v) is 2.51. The summed E-state index contributed by atoms with van der Waals surface area (Å²) in [6.45, 7) is 4.76. The molecule has 1 atom stereocenters. The number of carbonyl (C=O) groups is 1. The molecule has 1 rings (SSSR count). The Bertz CT molecular complexity index is 366. The highest BCUT2D eigenvalue weighted by Gasteiger charge is 2.09. The van der Waals surface area contributed by atoms with Gasteiger partial charge < -0.3 is 15.7 Å². The van der Waals surface area contributed by atoms with E-state index in [0.717, 1.165) is 12.1 Å². The monoisotopic (exact) mass is 236 g/mol. The Labute approximate surface area is 102 Å². The summed E-state index contributed by atoms with van der Waals surface area (Å²) in [6.07, 6.45) is 0.424. The van der Waals surface area contributed by atoms with Gasteiger partial charge in [0.25, 0.3) is 0 Å². The predicted octanol–water partition coefficient (Wildman–Crippen LogP) is 1.51. The number of carbonyl (C=O) groups excluding carboxylic acids is 1. The maximum Gasteiger partial charge on any atom is 0.225 e. The van der Waals surface area contributed by atoms with Crippen LogP contribution in [0.15, 0.2) is 24.3 Å². The van der Waals surface area contributed by atoms with Gasteiger partial charge in [0, 0.05) is 23.7 Å². The lowest BCUT2D eigenvalue weighted by atomic mass is 10.1. The van der Waals surface area contributed by atoms with E-state index in [9.17, 15) is 4.79 Å². The second-order valence-corrected chi connectivity index (χ2v) is 4.03. The van der Waals surface area contributed by atoms with Gasteiger partial charge in [-0.2, -0.15) is 0 Å². The number of aliphatic hydroxyl groups excluding tert-OH is 1. The molecule has 0 aliphatic rings. The summed E-state index contributed by atoms with van der Waals surface area (Å²) in [6, 6.07) is 7.41. The van der Waals surface area contributed by atoms with Crippen molar-refractivity contribution >= 4 is 11.6 Å². The van der Waals surface area contributed by atoms with Crippen molar-refractivity contribution in [3.8, 4) is 0 Å². The number of nitrogens with one attached hydrogen (secondary N) is 2. The zero-order valence-corrected chi connectivity index (χ0v) is 10.4. The van der Waals surface area contributed by atoms with Crippen LogP contribution in [0.25, 0.3) is 0 Å². The Kier molecular flexibility index (Phi) is 5.66. The van der Waals surface area contributed by atoms with E-state index in [2.05, 4.69) is 10.6 Å². The van der Waals surface area contributed by atoms with Crippen LogP contribution < -0.4 is 10.6 Å². The molecule has 1 aromatic carbocycles. The van der Waals surface area contributed by atoms with Crippen molar-refractivity contribution in [1.29, 1.82) is 0 Å². The topological polar surface area (TPSA) is 61.4 Å². The summed E-state index contributed by atoms with van der Waals surface area (Å²) in [4.78, 5) is 11.7. The molecule has 1 unspecified atom stereocenters. The van der Waals surface area contributed by atoms with Crippen LogP contribution >= 0.6 is 0 Å². The molecular weight excluding hydrogens is 216 g/mol. The van der Waals surface area contributed by atoms with Crippen LogP contribution in [0, 0.1) is 0 Å². The van der Waals surface area contributed by atoms with Crippen LogP contribution in [0.2, 0.25) is 0 Å². The fourth-order valence-corrected chi connectivity index (χ4v) is 1.68. The molecule has 0 aromatic heterocycles. The van der Waals surface area contributed by atoms with Crippen LogP contribution in [0.4, 0.5) is 5.69 Å². The van der Waals surface area contributed by atoms with Crippen LogP contribution in [0.5, 0.6) is 0 Å². The fraction of sp³-hybridized carbons (Fsp3) is 0.462. The van der Waals surface area contributed by atoms with E-state index in [1.54, 1.807) is 12.1 Å². The molecule has 0 heterocycles. The zero-order valence-electron chi connectivity index (χ0n) is 10.4. The molecule has 4 nitrogen and oxygen atoms in total. The van der Waals surface area contributed by atoms with Crippen LogP contribution in [-0.2, 0) is 11.4 Å². The van der Waals surface area contributed by atoms with Crippen molar-refractivity contribution < 1.29 is 9.90 Å². The molecule has 3 N–H and O–H groups in total. The molecule has 0 spiro atoms. The van der Waals surface area contributed by atoms with Gasteiger partial charge in [0.1, 0.15) is 0 Å². The minimum Gasteiger partial charge on any atom is -0.392 e. The van der Waals surface area contributed by atoms with Crippen molar-refractivity contribution in [2.24, 2.45) is 0 Å². The molecule has 0 aliphatic carbocycles. The minimum atomic E-state index is -0.0702. The summed E-state index contributed by atoms with van der Waals surface area (Å²) in [5.74, 6) is -0.0423. The first kappa shape index (κ1) is 13.7. The van der Waals surface area contributed by atoms with Crippen molar-refractivity contribution in [2.45, 2.75) is 32.9 Å². The number of rotatable bonds is 6. The van der Waals surface area contributed by atoms with E-state index >= 15 is 0 Å². The van der Waals surface area contributed by atoms with Crippen molar-refractivity contribution in [3.05, 3.63) is 29.8 Å². The van der Waals surface area contributed by atoms with E-state index in [4.69, 9.17) is 5.11 Å². The SMILES string of the molecule is CCNC(C)CC(=O)Nc1ccccc1CO. The minimum absolute atomic E-state index is 0.0423. The highest BCUT2D eigenvalue weighted by molar-refractivity contribution is 5.91. The van der Waals surface area contributed by atoms with E-state index < -0.39 is 0 Å². The van der Waals surface area contributed by atoms with E-state index in [-0.39, 0.29) is 18.6 Å². The van der Waals surface area contributed by atoms with E-state index in [1.165, 1.54) is 0 Å². The highest BCUT2D eigenvalue weighted by Crippen LogP contribution is 2.15. The molecule has 1 aromatic rings. The summed E-state index contributed by atoms with van der Waals surface area (Å²) in [5, 5.41) is 15.1. The first-order chi connectivity index (χ1) is 8.17.